The normalized spacial score (nSPS) is 18.0. The van der Waals surface area contributed by atoms with Crippen molar-refractivity contribution in [2.75, 3.05) is 19.0 Å². The van der Waals surface area contributed by atoms with Gasteiger partial charge in [-0.2, -0.15) is 0 Å². The van der Waals surface area contributed by atoms with Gasteiger partial charge in [-0.25, -0.2) is 0 Å². The maximum Gasteiger partial charge on any atom is 0.228 e. The Morgan fingerprint density at radius 1 is 1.21 bits per heavy atom. The van der Waals surface area contributed by atoms with Crippen molar-refractivity contribution in [2.45, 2.75) is 44.1 Å². The number of anilines is 1. The fourth-order valence-corrected chi connectivity index (χ4v) is 2.95. The number of nitrogens with zero attached hydrogens (tertiary/aromatic N) is 1. The van der Waals surface area contributed by atoms with Crippen LogP contribution in [0, 0.1) is 0 Å². The lowest BCUT2D eigenvalue weighted by molar-refractivity contribution is -0.120. The Morgan fingerprint density at radius 2 is 1.84 bits per heavy atom. The lowest BCUT2D eigenvalue weighted by Gasteiger charge is -2.37. The minimum absolute atomic E-state index is 0.0123. The van der Waals surface area contributed by atoms with Crippen molar-refractivity contribution in [3.8, 4) is 0 Å². The lowest BCUT2D eigenvalue weighted by atomic mass is 9.79. The number of nitrogens with one attached hydrogen (secondary N) is 1. The van der Waals surface area contributed by atoms with E-state index in [1.165, 1.54) is 19.3 Å². The van der Waals surface area contributed by atoms with Gasteiger partial charge in [-0.05, 0) is 32.0 Å². The van der Waals surface area contributed by atoms with Crippen LogP contribution < -0.4 is 10.2 Å². The highest BCUT2D eigenvalue weighted by Gasteiger charge is 2.33. The van der Waals surface area contributed by atoms with Gasteiger partial charge < -0.3 is 10.2 Å². The van der Waals surface area contributed by atoms with Crippen molar-refractivity contribution < 1.29 is 4.79 Å². The zero-order chi connectivity index (χ0) is 13.7. The summed E-state index contributed by atoms with van der Waals surface area (Å²) in [6.45, 7) is 0. The van der Waals surface area contributed by atoms with Gasteiger partial charge in [0.1, 0.15) is 0 Å². The fraction of sp³-hybridized carbons (Fsp3) is 0.562. The van der Waals surface area contributed by atoms with Gasteiger partial charge >= 0.3 is 0 Å². The number of rotatable bonds is 4. The largest absolute Gasteiger partial charge is 0.315 e. The molecule has 0 heterocycles. The van der Waals surface area contributed by atoms with Crippen molar-refractivity contribution in [1.82, 2.24) is 5.32 Å². The fourth-order valence-electron chi connectivity index (χ4n) is 2.95. The lowest BCUT2D eigenvalue weighted by Crippen LogP contribution is -2.48. The Balaban J connectivity index is 2.03. The molecule has 1 aliphatic rings. The summed E-state index contributed by atoms with van der Waals surface area (Å²) in [6.07, 6.45) is 6.56. The number of amides is 1. The summed E-state index contributed by atoms with van der Waals surface area (Å²) in [7, 11) is 3.85. The van der Waals surface area contributed by atoms with E-state index in [0.717, 1.165) is 18.5 Å². The second kappa shape index (κ2) is 6.20. The molecule has 0 aromatic heterocycles. The van der Waals surface area contributed by atoms with Gasteiger partial charge in [-0.3, -0.25) is 4.79 Å². The summed E-state index contributed by atoms with van der Waals surface area (Å²) < 4.78 is 0. The van der Waals surface area contributed by atoms with E-state index in [-0.39, 0.29) is 11.4 Å². The summed E-state index contributed by atoms with van der Waals surface area (Å²) in [5.41, 5.74) is 0.979. The van der Waals surface area contributed by atoms with Gasteiger partial charge in [0, 0.05) is 24.7 Å². The third-order valence-corrected chi connectivity index (χ3v) is 4.35. The van der Waals surface area contributed by atoms with E-state index in [1.54, 1.807) is 4.90 Å². The molecule has 104 valence electrons. The van der Waals surface area contributed by atoms with Gasteiger partial charge in [-0.15, -0.1) is 0 Å². The highest BCUT2D eigenvalue weighted by atomic mass is 16.2. The standard InChI is InChI=1S/C16H24N2O/c1-17-16(11-7-4-8-12-16)13-15(19)18(2)14-9-5-3-6-10-14/h3,5-6,9-10,17H,4,7-8,11-13H2,1-2H3. The third-order valence-electron chi connectivity index (χ3n) is 4.35. The van der Waals surface area contributed by atoms with Crippen LogP contribution in [-0.4, -0.2) is 25.5 Å². The highest BCUT2D eigenvalue weighted by molar-refractivity contribution is 5.93. The first-order valence-corrected chi connectivity index (χ1v) is 7.17. The molecule has 0 aliphatic heterocycles. The molecule has 0 spiro atoms. The Kier molecular flexibility index (Phi) is 4.59. The van der Waals surface area contributed by atoms with E-state index in [4.69, 9.17) is 0 Å². The van der Waals surface area contributed by atoms with E-state index >= 15 is 0 Å². The maximum atomic E-state index is 12.5. The molecule has 2 rings (SSSR count). The molecule has 1 fully saturated rings. The molecule has 3 nitrogen and oxygen atoms in total. The van der Waals surface area contributed by atoms with Crippen LogP contribution in [0.3, 0.4) is 0 Å². The number of benzene rings is 1. The van der Waals surface area contributed by atoms with Gasteiger partial charge in [-0.1, -0.05) is 37.5 Å². The molecule has 0 saturated heterocycles. The zero-order valence-corrected chi connectivity index (χ0v) is 12.0. The van der Waals surface area contributed by atoms with Crippen LogP contribution >= 0.6 is 0 Å². The minimum Gasteiger partial charge on any atom is -0.315 e. The maximum absolute atomic E-state index is 12.5. The average Bonchev–Trinajstić information content (AvgIpc) is 2.48. The molecule has 0 bridgehead atoms. The SMILES string of the molecule is CNC1(CC(=O)N(C)c2ccccc2)CCCCC1. The molecule has 1 aromatic carbocycles. The van der Waals surface area contributed by atoms with E-state index in [9.17, 15) is 4.79 Å². The van der Waals surface area contributed by atoms with Crippen LogP contribution in [0.5, 0.6) is 0 Å². The summed E-state index contributed by atoms with van der Waals surface area (Å²) in [5, 5.41) is 3.41. The van der Waals surface area contributed by atoms with E-state index < -0.39 is 0 Å². The Labute approximate surface area is 116 Å². The molecule has 0 atom stereocenters. The summed E-state index contributed by atoms with van der Waals surface area (Å²) >= 11 is 0. The van der Waals surface area contributed by atoms with Crippen molar-refractivity contribution in [1.29, 1.82) is 0 Å². The monoisotopic (exact) mass is 260 g/mol. The van der Waals surface area contributed by atoms with Crippen molar-refractivity contribution >= 4 is 11.6 Å². The van der Waals surface area contributed by atoms with Crippen LogP contribution in [-0.2, 0) is 4.79 Å². The summed E-state index contributed by atoms with van der Waals surface area (Å²) in [5.74, 6) is 0.197. The van der Waals surface area contributed by atoms with Gasteiger partial charge in [0.15, 0.2) is 0 Å². The quantitative estimate of drug-likeness (QED) is 0.902. The number of para-hydroxylation sites is 1. The van der Waals surface area contributed by atoms with Crippen LogP contribution in [0.25, 0.3) is 0 Å². The number of carbonyl (C=O) groups excluding carboxylic acids is 1. The average molecular weight is 260 g/mol. The molecular formula is C16H24N2O. The van der Waals surface area contributed by atoms with E-state index in [1.807, 2.05) is 44.4 Å². The molecular weight excluding hydrogens is 236 g/mol. The molecule has 1 amide bonds. The second-order valence-corrected chi connectivity index (χ2v) is 5.56. The highest BCUT2D eigenvalue weighted by Crippen LogP contribution is 2.31. The predicted molar refractivity (Wildman–Crippen MR) is 79.3 cm³/mol. The molecule has 1 aromatic rings. The topological polar surface area (TPSA) is 32.3 Å². The van der Waals surface area contributed by atoms with Gasteiger partial charge in [0.05, 0.1) is 0 Å². The number of hydrogen-bond acceptors (Lipinski definition) is 2. The molecule has 1 aliphatic carbocycles. The van der Waals surface area contributed by atoms with Crippen LogP contribution in [0.1, 0.15) is 38.5 Å². The Bertz CT molecular complexity index is 410. The van der Waals surface area contributed by atoms with Crippen LogP contribution in [0.15, 0.2) is 30.3 Å². The molecule has 19 heavy (non-hydrogen) atoms. The molecule has 1 saturated carbocycles. The first-order valence-electron chi connectivity index (χ1n) is 7.17. The molecule has 3 heteroatoms. The Morgan fingerprint density at radius 3 is 2.42 bits per heavy atom. The first kappa shape index (κ1) is 14.1. The van der Waals surface area contributed by atoms with Crippen molar-refractivity contribution in [3.05, 3.63) is 30.3 Å². The second-order valence-electron chi connectivity index (χ2n) is 5.56. The van der Waals surface area contributed by atoms with Crippen molar-refractivity contribution in [3.63, 3.8) is 0 Å². The first-order chi connectivity index (χ1) is 9.17. The number of hydrogen-bond donors (Lipinski definition) is 1. The summed E-state index contributed by atoms with van der Waals surface area (Å²) in [6, 6.07) is 9.86. The van der Waals surface area contributed by atoms with Crippen molar-refractivity contribution in [2.24, 2.45) is 0 Å². The number of carbonyl (C=O) groups is 1. The van der Waals surface area contributed by atoms with E-state index in [2.05, 4.69) is 5.32 Å². The van der Waals surface area contributed by atoms with E-state index in [0.29, 0.717) is 6.42 Å². The summed E-state index contributed by atoms with van der Waals surface area (Å²) in [4.78, 5) is 14.2. The Hall–Kier alpha value is -1.35. The van der Waals surface area contributed by atoms with Crippen LogP contribution in [0.2, 0.25) is 0 Å². The zero-order valence-electron chi connectivity index (χ0n) is 12.0. The minimum atomic E-state index is 0.0123. The molecule has 1 N–H and O–H groups in total. The third kappa shape index (κ3) is 3.35. The molecule has 0 unspecified atom stereocenters. The van der Waals surface area contributed by atoms with Gasteiger partial charge in [0.2, 0.25) is 5.91 Å². The predicted octanol–water partition coefficient (Wildman–Crippen LogP) is 2.96. The van der Waals surface area contributed by atoms with Gasteiger partial charge in [0.25, 0.3) is 0 Å². The molecule has 0 radical (unpaired) electrons. The smallest absolute Gasteiger partial charge is 0.228 e. The van der Waals surface area contributed by atoms with Crippen LogP contribution in [0.4, 0.5) is 5.69 Å².